The van der Waals surface area contributed by atoms with E-state index < -0.39 is 0 Å². The number of aromatic nitrogens is 4. The first-order valence-electron chi connectivity index (χ1n) is 8.74. The van der Waals surface area contributed by atoms with Crippen LogP contribution in [0.15, 0.2) is 47.7 Å². The minimum Gasteiger partial charge on any atom is -0.493 e. The average molecular weight is 409 g/mol. The maximum absolute atomic E-state index is 5.39. The average Bonchev–Trinajstić information content (AvgIpc) is 3.34. The van der Waals surface area contributed by atoms with Gasteiger partial charge in [0.25, 0.3) is 0 Å². The molecule has 0 spiro atoms. The zero-order chi connectivity index (χ0) is 20.4. The lowest BCUT2D eigenvalue weighted by Gasteiger charge is -2.12. The highest BCUT2D eigenvalue weighted by molar-refractivity contribution is 7.71. The number of rotatable bonds is 6. The Morgan fingerprint density at radius 2 is 1.79 bits per heavy atom. The molecule has 2 heterocycles. The van der Waals surface area contributed by atoms with Crippen LogP contribution < -0.4 is 14.2 Å². The van der Waals surface area contributed by atoms with Crippen LogP contribution in [0.25, 0.3) is 22.3 Å². The van der Waals surface area contributed by atoms with Gasteiger partial charge >= 0.3 is 0 Å². The fourth-order valence-corrected chi connectivity index (χ4v) is 3.31. The summed E-state index contributed by atoms with van der Waals surface area (Å²) >= 11 is 5.37. The molecule has 0 unspecified atom stereocenters. The summed E-state index contributed by atoms with van der Waals surface area (Å²) in [6.45, 7) is 0. The first kappa shape index (κ1) is 18.8. The molecule has 0 fully saturated rings. The van der Waals surface area contributed by atoms with Crippen LogP contribution in [-0.2, 0) is 0 Å². The lowest BCUT2D eigenvalue weighted by Crippen LogP contribution is -1.98. The molecular weight excluding hydrogens is 390 g/mol. The first-order valence-corrected chi connectivity index (χ1v) is 9.15. The fraction of sp³-hybridized carbons (Fsp3) is 0.150. The predicted octanol–water partition coefficient (Wildman–Crippen LogP) is 4.00. The van der Waals surface area contributed by atoms with E-state index in [9.17, 15) is 0 Å². The van der Waals surface area contributed by atoms with Gasteiger partial charge in [-0.05, 0) is 30.4 Å². The third-order valence-corrected chi connectivity index (χ3v) is 4.75. The molecule has 148 valence electrons. The largest absolute Gasteiger partial charge is 0.493 e. The number of fused-ring (bicyclic) bond motifs is 1. The van der Waals surface area contributed by atoms with E-state index in [-0.39, 0.29) is 0 Å². The number of aromatic amines is 2. The highest BCUT2D eigenvalue weighted by atomic mass is 32.1. The summed E-state index contributed by atoms with van der Waals surface area (Å²) in [6.07, 6.45) is 3.55. The van der Waals surface area contributed by atoms with Gasteiger partial charge in [-0.25, -0.2) is 5.10 Å². The molecule has 0 aliphatic carbocycles. The minimum absolute atomic E-state index is 0.383. The Morgan fingerprint density at radius 3 is 2.48 bits per heavy atom. The van der Waals surface area contributed by atoms with Crippen LogP contribution >= 0.6 is 12.2 Å². The number of methoxy groups -OCH3 is 3. The van der Waals surface area contributed by atoms with E-state index in [1.807, 2.05) is 30.5 Å². The van der Waals surface area contributed by atoms with Crippen molar-refractivity contribution in [1.29, 1.82) is 0 Å². The van der Waals surface area contributed by atoms with Crippen molar-refractivity contribution >= 4 is 29.3 Å². The molecule has 9 heteroatoms. The van der Waals surface area contributed by atoms with Crippen LogP contribution in [0.3, 0.4) is 0 Å². The van der Waals surface area contributed by atoms with Gasteiger partial charge in [0.1, 0.15) is 0 Å². The highest BCUT2D eigenvalue weighted by Gasteiger charge is 2.14. The standard InChI is InChI=1S/C20H19N5O3S/c1-26-16-8-12(9-17(27-2)18(16)28-3)10-22-25-19(23-24-20(25)29)14-11-21-15-7-5-4-6-13(14)15/h4-11,21H,1-3H3,(H,24,29)/b22-10+. The molecule has 0 saturated heterocycles. The van der Waals surface area contributed by atoms with Crippen LogP contribution in [0.2, 0.25) is 0 Å². The molecule has 29 heavy (non-hydrogen) atoms. The third-order valence-electron chi connectivity index (χ3n) is 4.49. The number of H-pyrrole nitrogens is 2. The van der Waals surface area contributed by atoms with Crippen molar-refractivity contribution < 1.29 is 14.2 Å². The summed E-state index contributed by atoms with van der Waals surface area (Å²) in [7, 11) is 4.70. The molecule has 0 radical (unpaired) electrons. The van der Waals surface area contributed by atoms with E-state index in [1.54, 1.807) is 44.4 Å². The van der Waals surface area contributed by atoms with Gasteiger partial charge in [0.05, 0.1) is 27.5 Å². The summed E-state index contributed by atoms with van der Waals surface area (Å²) in [5.74, 6) is 2.21. The molecule has 4 rings (SSSR count). The SMILES string of the molecule is COc1cc(/C=N/n2c(-c3c[nH]c4ccccc34)n[nH]c2=S)cc(OC)c1OC. The molecule has 4 aromatic rings. The molecule has 2 N–H and O–H groups in total. The number of benzene rings is 2. The number of ether oxygens (including phenoxy) is 3. The van der Waals surface area contributed by atoms with E-state index in [0.717, 1.165) is 22.0 Å². The van der Waals surface area contributed by atoms with Gasteiger partial charge in [0, 0.05) is 28.2 Å². The summed E-state index contributed by atoms with van der Waals surface area (Å²) in [4.78, 5) is 3.24. The highest BCUT2D eigenvalue weighted by Crippen LogP contribution is 2.37. The Balaban J connectivity index is 1.77. The summed E-state index contributed by atoms with van der Waals surface area (Å²) in [5.41, 5.74) is 2.67. The molecule has 0 aliphatic rings. The lowest BCUT2D eigenvalue weighted by atomic mass is 10.2. The van der Waals surface area contributed by atoms with Crippen molar-refractivity contribution in [2.24, 2.45) is 5.10 Å². The van der Waals surface area contributed by atoms with E-state index in [2.05, 4.69) is 20.3 Å². The Hall–Kier alpha value is -3.59. The molecule has 2 aromatic carbocycles. The molecule has 0 amide bonds. The maximum Gasteiger partial charge on any atom is 0.216 e. The van der Waals surface area contributed by atoms with Gasteiger partial charge < -0.3 is 19.2 Å². The predicted molar refractivity (Wildman–Crippen MR) is 114 cm³/mol. The molecule has 2 aromatic heterocycles. The second-order valence-electron chi connectivity index (χ2n) is 6.12. The van der Waals surface area contributed by atoms with Crippen LogP contribution in [-0.4, -0.2) is 47.4 Å². The Labute approximate surface area is 171 Å². The van der Waals surface area contributed by atoms with E-state index in [0.29, 0.717) is 27.8 Å². The molecular formula is C20H19N5O3S. The maximum atomic E-state index is 5.39. The van der Waals surface area contributed by atoms with Gasteiger partial charge in [0.2, 0.25) is 10.5 Å². The Bertz CT molecular complexity index is 1230. The smallest absolute Gasteiger partial charge is 0.216 e. The number of hydrogen-bond donors (Lipinski definition) is 2. The van der Waals surface area contributed by atoms with Crippen LogP contribution in [0.4, 0.5) is 0 Å². The topological polar surface area (TPSA) is 89.5 Å². The van der Waals surface area contributed by atoms with Gasteiger partial charge in [-0.1, -0.05) is 18.2 Å². The third kappa shape index (κ3) is 3.36. The molecule has 0 aliphatic heterocycles. The van der Waals surface area contributed by atoms with E-state index >= 15 is 0 Å². The van der Waals surface area contributed by atoms with Crippen LogP contribution in [0.5, 0.6) is 17.2 Å². The van der Waals surface area contributed by atoms with Gasteiger partial charge in [-0.3, -0.25) is 0 Å². The molecule has 8 nitrogen and oxygen atoms in total. The van der Waals surface area contributed by atoms with Crippen LogP contribution in [0.1, 0.15) is 5.56 Å². The Morgan fingerprint density at radius 1 is 1.07 bits per heavy atom. The summed E-state index contributed by atoms with van der Waals surface area (Å²) in [5, 5.41) is 12.7. The number of para-hydroxylation sites is 1. The van der Waals surface area contributed by atoms with Crippen molar-refractivity contribution in [2.75, 3.05) is 21.3 Å². The van der Waals surface area contributed by atoms with E-state index in [4.69, 9.17) is 26.4 Å². The van der Waals surface area contributed by atoms with Gasteiger partial charge in [-0.15, -0.1) is 0 Å². The lowest BCUT2D eigenvalue weighted by molar-refractivity contribution is 0.324. The summed E-state index contributed by atoms with van der Waals surface area (Å²) in [6, 6.07) is 11.6. The van der Waals surface area contributed by atoms with Crippen molar-refractivity contribution in [3.63, 3.8) is 0 Å². The second kappa shape index (κ2) is 7.80. The first-order chi connectivity index (χ1) is 14.2. The van der Waals surface area contributed by atoms with Crippen molar-refractivity contribution in [3.05, 3.63) is 52.9 Å². The zero-order valence-corrected chi connectivity index (χ0v) is 16.9. The van der Waals surface area contributed by atoms with Gasteiger partial charge in [0.15, 0.2) is 17.3 Å². The van der Waals surface area contributed by atoms with Crippen molar-refractivity contribution in [1.82, 2.24) is 19.9 Å². The molecule has 0 atom stereocenters. The zero-order valence-electron chi connectivity index (χ0n) is 16.1. The normalized spacial score (nSPS) is 11.3. The number of nitrogens with zero attached hydrogens (tertiary/aromatic N) is 3. The molecule has 0 saturated carbocycles. The van der Waals surface area contributed by atoms with Crippen molar-refractivity contribution in [2.45, 2.75) is 0 Å². The Kier molecular flexibility index (Phi) is 5.05. The van der Waals surface area contributed by atoms with Crippen molar-refractivity contribution in [3.8, 4) is 28.6 Å². The van der Waals surface area contributed by atoms with Gasteiger partial charge in [-0.2, -0.15) is 14.9 Å². The quantitative estimate of drug-likeness (QED) is 0.371. The second-order valence-corrected chi connectivity index (χ2v) is 6.50. The number of nitrogens with one attached hydrogen (secondary N) is 2. The van der Waals surface area contributed by atoms with Crippen LogP contribution in [0, 0.1) is 4.77 Å². The monoisotopic (exact) mass is 409 g/mol. The van der Waals surface area contributed by atoms with E-state index in [1.165, 1.54) is 0 Å². The number of hydrogen-bond acceptors (Lipinski definition) is 6. The molecule has 0 bridgehead atoms. The summed E-state index contributed by atoms with van der Waals surface area (Å²) < 4.78 is 18.1. The minimum atomic E-state index is 0.383. The fourth-order valence-electron chi connectivity index (χ4n) is 3.13.